The number of nitrogens with zero attached hydrogens (tertiary/aromatic N) is 4. The summed E-state index contributed by atoms with van der Waals surface area (Å²) < 4.78 is 15.0. The zero-order valence-electron chi connectivity index (χ0n) is 14.0. The van der Waals surface area contributed by atoms with E-state index in [4.69, 9.17) is 5.26 Å². The largest absolute Gasteiger partial charge is 0.302 e. The molecular formula is C19H15FN4OS. The van der Waals surface area contributed by atoms with Crippen LogP contribution in [0.15, 0.2) is 53.7 Å². The zero-order chi connectivity index (χ0) is 18.5. The molecule has 0 spiro atoms. The first kappa shape index (κ1) is 17.8. The van der Waals surface area contributed by atoms with Crippen molar-refractivity contribution in [2.45, 2.75) is 18.6 Å². The Balaban J connectivity index is 1.74. The van der Waals surface area contributed by atoms with E-state index >= 15 is 0 Å². The molecule has 0 bridgehead atoms. The van der Waals surface area contributed by atoms with Gasteiger partial charge in [0.25, 0.3) is 0 Å². The van der Waals surface area contributed by atoms with E-state index in [1.165, 1.54) is 23.9 Å². The number of halogens is 1. The summed E-state index contributed by atoms with van der Waals surface area (Å²) in [4.78, 5) is 12.3. The highest BCUT2D eigenvalue weighted by atomic mass is 32.2. The second-order valence-corrected chi connectivity index (χ2v) is 6.40. The third-order valence-electron chi connectivity index (χ3n) is 3.80. The molecule has 0 saturated heterocycles. The molecule has 0 saturated carbocycles. The molecule has 7 heteroatoms. The number of benzene rings is 2. The van der Waals surface area contributed by atoms with Crippen LogP contribution in [0.4, 0.5) is 4.39 Å². The van der Waals surface area contributed by atoms with Crippen molar-refractivity contribution in [2.24, 2.45) is 0 Å². The fourth-order valence-corrected chi connectivity index (χ4v) is 3.33. The quantitative estimate of drug-likeness (QED) is 0.488. The second kappa shape index (κ2) is 7.93. The summed E-state index contributed by atoms with van der Waals surface area (Å²) in [5, 5.41) is 17.8. The number of carbonyl (C=O) groups excluding carboxylic acids is 1. The number of nitriles is 1. The minimum absolute atomic E-state index is 0.0477. The van der Waals surface area contributed by atoms with Gasteiger partial charge in [0.1, 0.15) is 5.82 Å². The van der Waals surface area contributed by atoms with Gasteiger partial charge in [-0.1, -0.05) is 23.9 Å². The van der Waals surface area contributed by atoms with E-state index in [9.17, 15) is 9.18 Å². The van der Waals surface area contributed by atoms with Crippen LogP contribution in [0, 0.1) is 17.1 Å². The number of Topliss-reactive ketones (excluding diaryl/α,β-unsaturated/α-hetero) is 1. The predicted molar refractivity (Wildman–Crippen MR) is 97.3 cm³/mol. The monoisotopic (exact) mass is 366 g/mol. The first-order valence-electron chi connectivity index (χ1n) is 7.97. The van der Waals surface area contributed by atoms with Gasteiger partial charge in [-0.2, -0.15) is 5.26 Å². The summed E-state index contributed by atoms with van der Waals surface area (Å²) >= 11 is 1.30. The fraction of sp³-hybridized carbons (Fsp3) is 0.158. The number of thioether (sulfide) groups is 1. The van der Waals surface area contributed by atoms with Crippen molar-refractivity contribution in [3.63, 3.8) is 0 Å². The van der Waals surface area contributed by atoms with E-state index in [0.717, 1.165) is 5.56 Å². The maximum atomic E-state index is 13.1. The normalized spacial score (nSPS) is 10.5. The van der Waals surface area contributed by atoms with Crippen molar-refractivity contribution < 1.29 is 9.18 Å². The molecule has 26 heavy (non-hydrogen) atoms. The lowest BCUT2D eigenvalue weighted by molar-refractivity contribution is 0.102. The van der Waals surface area contributed by atoms with Crippen molar-refractivity contribution in [3.05, 3.63) is 65.5 Å². The van der Waals surface area contributed by atoms with Crippen LogP contribution in [0.1, 0.15) is 22.8 Å². The SMILES string of the molecule is CCn1c(SCC(=O)c2ccc(C#N)cc2)nnc1-c1ccc(F)cc1. The van der Waals surface area contributed by atoms with Crippen LogP contribution in [-0.2, 0) is 6.54 Å². The molecule has 0 aliphatic heterocycles. The maximum absolute atomic E-state index is 13.1. The Hall–Kier alpha value is -2.98. The van der Waals surface area contributed by atoms with E-state index in [-0.39, 0.29) is 17.4 Å². The van der Waals surface area contributed by atoms with E-state index in [1.807, 2.05) is 17.6 Å². The summed E-state index contributed by atoms with van der Waals surface area (Å²) in [7, 11) is 0. The summed E-state index contributed by atoms with van der Waals surface area (Å²) in [5.74, 6) is 0.501. The van der Waals surface area contributed by atoms with E-state index in [2.05, 4.69) is 10.2 Å². The number of hydrogen-bond acceptors (Lipinski definition) is 5. The molecule has 0 atom stereocenters. The third kappa shape index (κ3) is 3.81. The zero-order valence-corrected chi connectivity index (χ0v) is 14.8. The topological polar surface area (TPSA) is 71.6 Å². The van der Waals surface area contributed by atoms with Crippen LogP contribution in [0.3, 0.4) is 0 Å². The van der Waals surface area contributed by atoms with Crippen LogP contribution in [-0.4, -0.2) is 26.3 Å². The first-order valence-corrected chi connectivity index (χ1v) is 8.96. The summed E-state index contributed by atoms with van der Waals surface area (Å²) in [6.07, 6.45) is 0. The smallest absolute Gasteiger partial charge is 0.191 e. The highest BCUT2D eigenvalue weighted by Crippen LogP contribution is 2.24. The highest BCUT2D eigenvalue weighted by molar-refractivity contribution is 7.99. The van der Waals surface area contributed by atoms with Crippen LogP contribution in [0.5, 0.6) is 0 Å². The molecule has 0 amide bonds. The molecule has 3 aromatic rings. The Labute approximate surface area is 154 Å². The Kier molecular flexibility index (Phi) is 5.44. The van der Waals surface area contributed by atoms with E-state index in [1.54, 1.807) is 36.4 Å². The van der Waals surface area contributed by atoms with Crippen molar-refractivity contribution in [1.29, 1.82) is 5.26 Å². The van der Waals surface area contributed by atoms with Gasteiger partial charge in [-0.15, -0.1) is 10.2 Å². The van der Waals surface area contributed by atoms with Gasteiger partial charge in [0.05, 0.1) is 17.4 Å². The minimum atomic E-state index is -0.307. The molecule has 0 unspecified atom stereocenters. The first-order chi connectivity index (χ1) is 12.6. The van der Waals surface area contributed by atoms with Crippen LogP contribution < -0.4 is 0 Å². The molecule has 3 rings (SSSR count). The van der Waals surface area contributed by atoms with Crippen LogP contribution in [0.2, 0.25) is 0 Å². The molecule has 0 aliphatic rings. The molecule has 2 aromatic carbocycles. The average Bonchev–Trinajstić information content (AvgIpc) is 3.09. The van der Waals surface area contributed by atoms with Gasteiger partial charge in [-0.25, -0.2) is 4.39 Å². The summed E-state index contributed by atoms with van der Waals surface area (Å²) in [6, 6.07) is 14.6. The Morgan fingerprint density at radius 1 is 1.15 bits per heavy atom. The molecular weight excluding hydrogens is 351 g/mol. The lowest BCUT2D eigenvalue weighted by Crippen LogP contribution is -2.05. The second-order valence-electron chi connectivity index (χ2n) is 5.46. The fourth-order valence-electron chi connectivity index (χ4n) is 2.44. The molecule has 1 heterocycles. The molecule has 0 N–H and O–H groups in total. The van der Waals surface area contributed by atoms with Gasteiger partial charge in [0, 0.05) is 17.7 Å². The average molecular weight is 366 g/mol. The van der Waals surface area contributed by atoms with Gasteiger partial charge in [0.15, 0.2) is 16.8 Å². The number of aromatic nitrogens is 3. The van der Waals surface area contributed by atoms with Crippen molar-refractivity contribution in [3.8, 4) is 17.5 Å². The maximum Gasteiger partial charge on any atom is 0.191 e. The molecule has 0 aliphatic carbocycles. The van der Waals surface area contributed by atoms with Gasteiger partial charge in [-0.3, -0.25) is 4.79 Å². The lowest BCUT2D eigenvalue weighted by Gasteiger charge is -2.07. The van der Waals surface area contributed by atoms with Gasteiger partial charge < -0.3 is 4.57 Å². The molecule has 0 fully saturated rings. The number of ketones is 1. The number of rotatable bonds is 6. The van der Waals surface area contributed by atoms with Crippen molar-refractivity contribution in [1.82, 2.24) is 14.8 Å². The summed E-state index contributed by atoms with van der Waals surface area (Å²) in [5.41, 5.74) is 1.84. The highest BCUT2D eigenvalue weighted by Gasteiger charge is 2.15. The van der Waals surface area contributed by atoms with E-state index in [0.29, 0.717) is 28.7 Å². The van der Waals surface area contributed by atoms with Crippen LogP contribution in [0.25, 0.3) is 11.4 Å². The molecule has 130 valence electrons. The van der Waals surface area contributed by atoms with E-state index < -0.39 is 0 Å². The number of carbonyl (C=O) groups is 1. The molecule has 0 radical (unpaired) electrons. The van der Waals surface area contributed by atoms with Crippen molar-refractivity contribution in [2.75, 3.05) is 5.75 Å². The van der Waals surface area contributed by atoms with Crippen molar-refractivity contribution >= 4 is 17.5 Å². The van der Waals surface area contributed by atoms with Gasteiger partial charge in [0.2, 0.25) is 0 Å². The Morgan fingerprint density at radius 2 is 1.85 bits per heavy atom. The lowest BCUT2D eigenvalue weighted by atomic mass is 10.1. The minimum Gasteiger partial charge on any atom is -0.302 e. The van der Waals surface area contributed by atoms with Gasteiger partial charge >= 0.3 is 0 Å². The Bertz CT molecular complexity index is 959. The standard InChI is InChI=1S/C19H15FN4OS/c1-2-24-18(15-7-9-16(20)10-8-15)22-23-19(24)26-12-17(25)14-5-3-13(11-21)4-6-14/h3-10H,2,12H2,1H3. The molecule has 1 aromatic heterocycles. The predicted octanol–water partition coefficient (Wildman–Crippen LogP) is 3.95. The Morgan fingerprint density at radius 3 is 2.46 bits per heavy atom. The van der Waals surface area contributed by atoms with Crippen LogP contribution >= 0.6 is 11.8 Å². The van der Waals surface area contributed by atoms with Gasteiger partial charge in [-0.05, 0) is 43.3 Å². The number of hydrogen-bond donors (Lipinski definition) is 0. The third-order valence-corrected chi connectivity index (χ3v) is 4.77. The molecule has 5 nitrogen and oxygen atoms in total. The summed E-state index contributed by atoms with van der Waals surface area (Å²) in [6.45, 7) is 2.59.